The van der Waals surface area contributed by atoms with Gasteiger partial charge in [0, 0.05) is 30.4 Å². The molecular weight excluding hydrogens is 238 g/mol. The standard InChI is InChI=1S/C15H23N3O/c1-2-18(11-13-5-3-4-10-17-13)14-8-6-12(7-9-14)15(16)19/h6-9,13,17H,2-5,10-11H2,1H3,(H2,16,19). The second-order valence-corrected chi connectivity index (χ2v) is 5.10. The fourth-order valence-corrected chi connectivity index (χ4v) is 2.60. The molecule has 1 aliphatic rings. The lowest BCUT2D eigenvalue weighted by Crippen LogP contribution is -2.43. The third-order valence-corrected chi connectivity index (χ3v) is 3.75. The molecule has 4 nitrogen and oxygen atoms in total. The van der Waals surface area contributed by atoms with Crippen LogP contribution in [0.4, 0.5) is 5.69 Å². The van der Waals surface area contributed by atoms with E-state index in [1.54, 1.807) is 12.1 Å². The summed E-state index contributed by atoms with van der Waals surface area (Å²) in [5.41, 5.74) is 6.98. The molecule has 0 aromatic heterocycles. The lowest BCUT2D eigenvalue weighted by Gasteiger charge is -2.31. The first-order valence-electron chi connectivity index (χ1n) is 7.09. The molecule has 1 unspecified atom stereocenters. The molecule has 1 aromatic rings. The Kier molecular flexibility index (Phi) is 4.80. The Balaban J connectivity index is 2.01. The minimum Gasteiger partial charge on any atom is -0.370 e. The maximum absolute atomic E-state index is 11.1. The van der Waals surface area contributed by atoms with Crippen molar-refractivity contribution in [2.24, 2.45) is 5.73 Å². The number of piperidine rings is 1. The number of hydrogen-bond acceptors (Lipinski definition) is 3. The van der Waals surface area contributed by atoms with E-state index in [2.05, 4.69) is 17.1 Å². The molecule has 1 heterocycles. The van der Waals surface area contributed by atoms with Crippen LogP contribution in [0.15, 0.2) is 24.3 Å². The Labute approximate surface area is 115 Å². The van der Waals surface area contributed by atoms with Gasteiger partial charge in [0.15, 0.2) is 0 Å². The van der Waals surface area contributed by atoms with Crippen molar-refractivity contribution in [2.75, 3.05) is 24.5 Å². The van der Waals surface area contributed by atoms with Crippen molar-refractivity contribution in [1.82, 2.24) is 5.32 Å². The molecule has 104 valence electrons. The fourth-order valence-electron chi connectivity index (χ4n) is 2.60. The number of hydrogen-bond donors (Lipinski definition) is 2. The Morgan fingerprint density at radius 1 is 1.37 bits per heavy atom. The summed E-state index contributed by atoms with van der Waals surface area (Å²) in [7, 11) is 0. The first-order valence-corrected chi connectivity index (χ1v) is 7.09. The van der Waals surface area contributed by atoms with Gasteiger partial charge in [-0.15, -0.1) is 0 Å². The van der Waals surface area contributed by atoms with E-state index in [1.165, 1.54) is 19.3 Å². The number of nitrogens with two attached hydrogens (primary N) is 1. The van der Waals surface area contributed by atoms with Gasteiger partial charge >= 0.3 is 0 Å². The van der Waals surface area contributed by atoms with Gasteiger partial charge in [-0.2, -0.15) is 0 Å². The third kappa shape index (κ3) is 3.70. The molecule has 1 fully saturated rings. The molecule has 2 rings (SSSR count). The zero-order chi connectivity index (χ0) is 13.7. The molecule has 4 heteroatoms. The largest absolute Gasteiger partial charge is 0.370 e. The third-order valence-electron chi connectivity index (χ3n) is 3.75. The van der Waals surface area contributed by atoms with E-state index in [0.29, 0.717) is 11.6 Å². The van der Waals surface area contributed by atoms with E-state index in [-0.39, 0.29) is 5.91 Å². The van der Waals surface area contributed by atoms with Crippen molar-refractivity contribution >= 4 is 11.6 Å². The van der Waals surface area contributed by atoms with Crippen molar-refractivity contribution in [2.45, 2.75) is 32.2 Å². The molecule has 0 radical (unpaired) electrons. The fraction of sp³-hybridized carbons (Fsp3) is 0.533. The van der Waals surface area contributed by atoms with Crippen LogP contribution in [0.25, 0.3) is 0 Å². The van der Waals surface area contributed by atoms with E-state index >= 15 is 0 Å². The van der Waals surface area contributed by atoms with Crippen LogP contribution in [0.2, 0.25) is 0 Å². The molecular formula is C15H23N3O. The van der Waals surface area contributed by atoms with Gasteiger partial charge in [0.2, 0.25) is 5.91 Å². The summed E-state index contributed by atoms with van der Waals surface area (Å²) in [6.07, 6.45) is 3.85. The number of nitrogens with zero attached hydrogens (tertiary/aromatic N) is 1. The maximum atomic E-state index is 11.1. The highest BCUT2D eigenvalue weighted by Gasteiger charge is 2.16. The summed E-state index contributed by atoms with van der Waals surface area (Å²) < 4.78 is 0. The SMILES string of the molecule is CCN(CC1CCCCN1)c1ccc(C(N)=O)cc1. The Bertz CT molecular complexity index is 410. The Morgan fingerprint density at radius 3 is 2.63 bits per heavy atom. The number of likely N-dealkylation sites (N-methyl/N-ethyl adjacent to an activating group) is 1. The van der Waals surface area contributed by atoms with Crippen molar-refractivity contribution < 1.29 is 4.79 Å². The van der Waals surface area contributed by atoms with E-state index in [1.807, 2.05) is 12.1 Å². The van der Waals surface area contributed by atoms with Gasteiger partial charge < -0.3 is 16.0 Å². The normalized spacial score (nSPS) is 19.1. The van der Waals surface area contributed by atoms with Crippen molar-refractivity contribution in [3.63, 3.8) is 0 Å². The first kappa shape index (κ1) is 13.9. The molecule has 1 aliphatic heterocycles. The summed E-state index contributed by atoms with van der Waals surface area (Å²) in [6.45, 7) is 5.27. The van der Waals surface area contributed by atoms with Gasteiger partial charge in [0.05, 0.1) is 0 Å². The van der Waals surface area contributed by atoms with Gasteiger partial charge in [-0.1, -0.05) is 6.42 Å². The molecule has 1 amide bonds. The van der Waals surface area contributed by atoms with Crippen LogP contribution in [-0.4, -0.2) is 31.6 Å². The van der Waals surface area contributed by atoms with Crippen LogP contribution >= 0.6 is 0 Å². The summed E-state index contributed by atoms with van der Waals surface area (Å²) in [4.78, 5) is 13.4. The predicted molar refractivity (Wildman–Crippen MR) is 78.5 cm³/mol. The molecule has 19 heavy (non-hydrogen) atoms. The second-order valence-electron chi connectivity index (χ2n) is 5.10. The molecule has 0 saturated carbocycles. The molecule has 3 N–H and O–H groups in total. The molecule has 1 aromatic carbocycles. The summed E-state index contributed by atoms with van der Waals surface area (Å²) in [5.74, 6) is -0.372. The number of nitrogens with one attached hydrogen (secondary N) is 1. The van der Waals surface area contributed by atoms with Crippen LogP contribution < -0.4 is 16.0 Å². The zero-order valence-corrected chi connectivity index (χ0v) is 11.6. The summed E-state index contributed by atoms with van der Waals surface area (Å²) >= 11 is 0. The minimum atomic E-state index is -0.372. The van der Waals surface area contributed by atoms with Gasteiger partial charge in [-0.3, -0.25) is 4.79 Å². The number of carbonyl (C=O) groups is 1. The number of primary amides is 1. The molecule has 0 aliphatic carbocycles. The van der Waals surface area contributed by atoms with Gasteiger partial charge in [-0.25, -0.2) is 0 Å². The van der Waals surface area contributed by atoms with E-state index < -0.39 is 0 Å². The van der Waals surface area contributed by atoms with Crippen LogP contribution in [0.5, 0.6) is 0 Å². The zero-order valence-electron chi connectivity index (χ0n) is 11.6. The highest BCUT2D eigenvalue weighted by atomic mass is 16.1. The Hall–Kier alpha value is -1.55. The highest BCUT2D eigenvalue weighted by molar-refractivity contribution is 5.93. The average molecular weight is 261 g/mol. The minimum absolute atomic E-state index is 0.372. The summed E-state index contributed by atoms with van der Waals surface area (Å²) in [6, 6.07) is 8.13. The summed E-state index contributed by atoms with van der Waals surface area (Å²) in [5, 5.41) is 3.57. The molecule has 0 spiro atoms. The van der Waals surface area contributed by atoms with Crippen LogP contribution in [0, 0.1) is 0 Å². The van der Waals surface area contributed by atoms with Crippen molar-refractivity contribution in [3.05, 3.63) is 29.8 Å². The Morgan fingerprint density at radius 2 is 2.11 bits per heavy atom. The average Bonchev–Trinajstić information content (AvgIpc) is 2.46. The topological polar surface area (TPSA) is 58.4 Å². The van der Waals surface area contributed by atoms with Crippen LogP contribution in [-0.2, 0) is 0 Å². The number of amides is 1. The van der Waals surface area contributed by atoms with E-state index in [9.17, 15) is 4.79 Å². The lowest BCUT2D eigenvalue weighted by atomic mass is 10.0. The smallest absolute Gasteiger partial charge is 0.248 e. The molecule has 1 atom stereocenters. The van der Waals surface area contributed by atoms with Gasteiger partial charge in [-0.05, 0) is 50.6 Å². The first-order chi connectivity index (χ1) is 9.20. The van der Waals surface area contributed by atoms with Crippen molar-refractivity contribution in [1.29, 1.82) is 0 Å². The lowest BCUT2D eigenvalue weighted by molar-refractivity contribution is 0.100. The highest BCUT2D eigenvalue weighted by Crippen LogP contribution is 2.17. The van der Waals surface area contributed by atoms with E-state index in [0.717, 1.165) is 25.3 Å². The van der Waals surface area contributed by atoms with E-state index in [4.69, 9.17) is 5.73 Å². The number of benzene rings is 1. The quantitative estimate of drug-likeness (QED) is 0.849. The maximum Gasteiger partial charge on any atom is 0.248 e. The van der Waals surface area contributed by atoms with Crippen molar-refractivity contribution in [3.8, 4) is 0 Å². The molecule has 1 saturated heterocycles. The number of anilines is 1. The van der Waals surface area contributed by atoms with Gasteiger partial charge in [0.1, 0.15) is 0 Å². The number of rotatable bonds is 5. The monoisotopic (exact) mass is 261 g/mol. The predicted octanol–water partition coefficient (Wildman–Crippen LogP) is 1.75. The number of carbonyl (C=O) groups excluding carboxylic acids is 1. The molecule has 0 bridgehead atoms. The van der Waals surface area contributed by atoms with Gasteiger partial charge in [0.25, 0.3) is 0 Å². The van der Waals surface area contributed by atoms with Crippen LogP contribution in [0.1, 0.15) is 36.5 Å². The second kappa shape index (κ2) is 6.57. The van der Waals surface area contributed by atoms with Crippen LogP contribution in [0.3, 0.4) is 0 Å².